The molecule has 7 N–H and O–H groups in total. The first-order valence-electron chi connectivity index (χ1n) is 10.5. The first kappa shape index (κ1) is 26.3. The molecule has 1 aliphatic rings. The van der Waals surface area contributed by atoms with Crippen LogP contribution in [0.3, 0.4) is 0 Å². The second-order valence-corrected chi connectivity index (χ2v) is 8.59. The van der Waals surface area contributed by atoms with Crippen molar-refractivity contribution in [1.29, 1.82) is 0 Å². The predicted molar refractivity (Wildman–Crippen MR) is 112 cm³/mol. The molecule has 0 saturated carbocycles. The Morgan fingerprint density at radius 3 is 2.16 bits per heavy atom. The minimum Gasteiger partial charge on any atom is -0.480 e. The van der Waals surface area contributed by atoms with Gasteiger partial charge < -0.3 is 32.1 Å². The molecule has 0 spiro atoms. The lowest BCUT2D eigenvalue weighted by Gasteiger charge is -2.30. The van der Waals surface area contributed by atoms with Crippen molar-refractivity contribution in [2.75, 3.05) is 6.54 Å². The van der Waals surface area contributed by atoms with E-state index in [1.54, 1.807) is 13.8 Å². The summed E-state index contributed by atoms with van der Waals surface area (Å²) in [5.74, 6) is -3.90. The van der Waals surface area contributed by atoms with Crippen molar-refractivity contribution in [2.45, 2.75) is 77.5 Å². The van der Waals surface area contributed by atoms with Crippen LogP contribution in [0.1, 0.15) is 53.4 Å². The Kier molecular flexibility index (Phi) is 9.89. The fourth-order valence-corrected chi connectivity index (χ4v) is 3.37. The third kappa shape index (κ3) is 7.50. The number of hydrogen-bond acceptors (Lipinski definition) is 6. The summed E-state index contributed by atoms with van der Waals surface area (Å²) in [4.78, 5) is 62.0. The lowest BCUT2D eigenvalue weighted by Crippen LogP contribution is -2.58. The molecule has 1 aliphatic heterocycles. The molecule has 11 heteroatoms. The van der Waals surface area contributed by atoms with Crippen LogP contribution in [0.25, 0.3) is 0 Å². The summed E-state index contributed by atoms with van der Waals surface area (Å²) in [5.41, 5.74) is 11.0. The molecule has 11 nitrogen and oxygen atoms in total. The van der Waals surface area contributed by atoms with Crippen molar-refractivity contribution in [1.82, 2.24) is 15.5 Å². The molecule has 176 valence electrons. The molecule has 4 atom stereocenters. The van der Waals surface area contributed by atoms with Crippen LogP contribution in [-0.4, -0.2) is 70.3 Å². The van der Waals surface area contributed by atoms with Crippen molar-refractivity contribution >= 4 is 29.6 Å². The Morgan fingerprint density at radius 2 is 1.68 bits per heavy atom. The summed E-state index contributed by atoms with van der Waals surface area (Å²) in [6.45, 7) is 7.46. The fraction of sp³-hybridized carbons (Fsp3) is 0.750. The summed E-state index contributed by atoms with van der Waals surface area (Å²) in [6, 6.07) is -3.79. The zero-order chi connectivity index (χ0) is 23.9. The van der Waals surface area contributed by atoms with Crippen LogP contribution in [0.15, 0.2) is 0 Å². The van der Waals surface area contributed by atoms with E-state index < -0.39 is 47.9 Å². The van der Waals surface area contributed by atoms with Crippen LogP contribution in [0, 0.1) is 11.8 Å². The molecule has 0 bridgehead atoms. The van der Waals surface area contributed by atoms with Gasteiger partial charge in [0.05, 0.1) is 6.04 Å². The number of nitrogens with one attached hydrogen (secondary N) is 2. The van der Waals surface area contributed by atoms with E-state index in [9.17, 15) is 29.1 Å². The Hall–Kier alpha value is -2.69. The van der Waals surface area contributed by atoms with Crippen LogP contribution in [0.5, 0.6) is 0 Å². The third-order valence-corrected chi connectivity index (χ3v) is 5.38. The molecule has 1 saturated heterocycles. The van der Waals surface area contributed by atoms with E-state index in [2.05, 4.69) is 10.6 Å². The number of aliphatic carboxylic acids is 1. The monoisotopic (exact) mass is 441 g/mol. The SMILES string of the molecule is CC(C)C(N)C(=O)N1CCCC1C(=O)NC(C(=O)NC(CCC(N)=O)C(=O)O)C(C)C. The lowest BCUT2D eigenvalue weighted by atomic mass is 10.0. The molecule has 0 aliphatic carbocycles. The quantitative estimate of drug-likeness (QED) is 0.270. The topological polar surface area (TPSA) is 185 Å². The number of carbonyl (C=O) groups is 5. The highest BCUT2D eigenvalue weighted by Crippen LogP contribution is 2.20. The van der Waals surface area contributed by atoms with Gasteiger partial charge in [-0.15, -0.1) is 0 Å². The average molecular weight is 442 g/mol. The van der Waals surface area contributed by atoms with Crippen LogP contribution < -0.4 is 22.1 Å². The molecule has 4 unspecified atom stereocenters. The summed E-state index contributed by atoms with van der Waals surface area (Å²) in [6.07, 6.45) is 0.727. The van der Waals surface area contributed by atoms with E-state index in [1.807, 2.05) is 13.8 Å². The summed E-state index contributed by atoms with van der Waals surface area (Å²) < 4.78 is 0. The van der Waals surface area contributed by atoms with E-state index in [0.29, 0.717) is 19.4 Å². The normalized spacial score (nSPS) is 19.1. The summed E-state index contributed by atoms with van der Waals surface area (Å²) >= 11 is 0. The number of amides is 4. The van der Waals surface area contributed by atoms with Crippen molar-refractivity contribution in [2.24, 2.45) is 23.3 Å². The maximum atomic E-state index is 12.9. The predicted octanol–water partition coefficient (Wildman–Crippen LogP) is -1.06. The van der Waals surface area contributed by atoms with Gasteiger partial charge in [0, 0.05) is 13.0 Å². The second-order valence-electron chi connectivity index (χ2n) is 8.59. The maximum absolute atomic E-state index is 12.9. The van der Waals surface area contributed by atoms with E-state index >= 15 is 0 Å². The molecule has 31 heavy (non-hydrogen) atoms. The summed E-state index contributed by atoms with van der Waals surface area (Å²) in [5, 5.41) is 14.3. The molecular weight excluding hydrogens is 406 g/mol. The van der Waals surface area contributed by atoms with Gasteiger partial charge in [-0.1, -0.05) is 27.7 Å². The number of nitrogens with two attached hydrogens (primary N) is 2. The number of rotatable bonds is 11. The van der Waals surface area contributed by atoms with Crippen molar-refractivity contribution in [3.8, 4) is 0 Å². The number of likely N-dealkylation sites (tertiary alicyclic amines) is 1. The zero-order valence-electron chi connectivity index (χ0n) is 18.6. The Balaban J connectivity index is 2.88. The molecule has 0 radical (unpaired) electrons. The Morgan fingerprint density at radius 1 is 1.06 bits per heavy atom. The number of carboxylic acids is 1. The number of carboxylic acid groups (broad SMARTS) is 1. The standard InChI is InChI=1S/C20H35N5O6/c1-10(2)15(22)19(29)25-9-5-6-13(25)17(27)24-16(11(3)4)18(28)23-12(20(30)31)7-8-14(21)26/h10-13,15-16H,5-9,22H2,1-4H3,(H2,21,26)(H,23,28)(H,24,27)(H,30,31). The second kappa shape index (κ2) is 11.6. The molecule has 1 fully saturated rings. The zero-order valence-corrected chi connectivity index (χ0v) is 18.6. The first-order valence-corrected chi connectivity index (χ1v) is 10.5. The molecule has 1 heterocycles. The van der Waals surface area contributed by atoms with Crippen LogP contribution in [0.2, 0.25) is 0 Å². The minimum absolute atomic E-state index is 0.0839. The molecule has 0 aromatic carbocycles. The van der Waals surface area contributed by atoms with Gasteiger partial charge >= 0.3 is 5.97 Å². The highest BCUT2D eigenvalue weighted by atomic mass is 16.4. The Labute approximate surface area is 182 Å². The third-order valence-electron chi connectivity index (χ3n) is 5.38. The molecule has 4 amide bonds. The smallest absolute Gasteiger partial charge is 0.326 e. The maximum Gasteiger partial charge on any atom is 0.326 e. The molecule has 0 aromatic heterocycles. The largest absolute Gasteiger partial charge is 0.480 e. The van der Waals surface area contributed by atoms with E-state index in [-0.39, 0.29) is 30.6 Å². The number of primary amides is 1. The van der Waals surface area contributed by atoms with Crippen LogP contribution >= 0.6 is 0 Å². The van der Waals surface area contributed by atoms with E-state index in [0.717, 1.165) is 0 Å². The fourth-order valence-electron chi connectivity index (χ4n) is 3.37. The van der Waals surface area contributed by atoms with Gasteiger partial charge in [0.15, 0.2) is 0 Å². The van der Waals surface area contributed by atoms with Gasteiger partial charge in [-0.05, 0) is 31.1 Å². The highest BCUT2D eigenvalue weighted by molar-refractivity contribution is 5.94. The van der Waals surface area contributed by atoms with E-state index in [1.165, 1.54) is 4.90 Å². The van der Waals surface area contributed by atoms with E-state index in [4.69, 9.17) is 11.5 Å². The van der Waals surface area contributed by atoms with Crippen LogP contribution in [0.4, 0.5) is 0 Å². The van der Waals surface area contributed by atoms with Crippen LogP contribution in [-0.2, 0) is 24.0 Å². The van der Waals surface area contributed by atoms with Gasteiger partial charge in [0.2, 0.25) is 23.6 Å². The van der Waals surface area contributed by atoms with Crippen molar-refractivity contribution in [3.05, 3.63) is 0 Å². The van der Waals surface area contributed by atoms with Crippen molar-refractivity contribution < 1.29 is 29.1 Å². The number of carbonyl (C=O) groups excluding carboxylic acids is 4. The Bertz CT molecular complexity index is 696. The van der Waals surface area contributed by atoms with Gasteiger partial charge in [0.25, 0.3) is 0 Å². The van der Waals surface area contributed by atoms with Gasteiger partial charge in [-0.3, -0.25) is 19.2 Å². The number of hydrogen-bond donors (Lipinski definition) is 5. The molecule has 0 aromatic rings. The van der Waals surface area contributed by atoms with Gasteiger partial charge in [-0.25, -0.2) is 4.79 Å². The minimum atomic E-state index is -1.31. The summed E-state index contributed by atoms with van der Waals surface area (Å²) in [7, 11) is 0. The average Bonchev–Trinajstić information content (AvgIpc) is 3.16. The molecular formula is C20H35N5O6. The highest BCUT2D eigenvalue weighted by Gasteiger charge is 2.39. The lowest BCUT2D eigenvalue weighted by molar-refractivity contribution is -0.143. The van der Waals surface area contributed by atoms with Gasteiger partial charge in [0.1, 0.15) is 18.1 Å². The molecule has 1 rings (SSSR count). The van der Waals surface area contributed by atoms with Crippen molar-refractivity contribution in [3.63, 3.8) is 0 Å². The first-order chi connectivity index (χ1) is 14.4. The number of nitrogens with zero attached hydrogens (tertiary/aromatic N) is 1. The van der Waals surface area contributed by atoms with Gasteiger partial charge in [-0.2, -0.15) is 0 Å².